The van der Waals surface area contributed by atoms with Crippen molar-refractivity contribution in [2.75, 3.05) is 37.8 Å². The van der Waals surface area contributed by atoms with E-state index in [0.29, 0.717) is 0 Å². The van der Waals surface area contributed by atoms with Gasteiger partial charge in [0.1, 0.15) is 42.9 Å². The van der Waals surface area contributed by atoms with E-state index in [-0.39, 0.29) is 42.2 Å². The third-order valence-corrected chi connectivity index (χ3v) is 11.3. The Kier molecular flexibility index (Phi) is 15.4. The van der Waals surface area contributed by atoms with Crippen LogP contribution < -0.4 is 22.1 Å². The van der Waals surface area contributed by atoms with E-state index >= 15 is 0 Å². The molecule has 0 saturated carbocycles. The minimum Gasteiger partial charge on any atom is -0.385 e. The van der Waals surface area contributed by atoms with E-state index in [0.717, 1.165) is 29.0 Å². The number of hydrogen-bond acceptors (Lipinski definition) is 20. The van der Waals surface area contributed by atoms with Crippen LogP contribution in [0.5, 0.6) is 0 Å². The number of phosphoric ester groups is 3. The van der Waals surface area contributed by atoms with Gasteiger partial charge in [-0.1, -0.05) is 25.6 Å². The molecule has 0 bridgehead atoms. The molecule has 2 aromatic rings. The molecule has 3 heterocycles. The normalized spacial score (nSPS) is 24.0. The summed E-state index contributed by atoms with van der Waals surface area (Å²) in [6.45, 7) is 1.27. The molecule has 3 rings (SSSR count). The van der Waals surface area contributed by atoms with Crippen LogP contribution in [0.1, 0.15) is 33.4 Å². The molecular weight excluding hydrogens is 813 g/mol. The molecule has 0 aliphatic carbocycles. The maximum atomic E-state index is 12.7. The van der Waals surface area contributed by atoms with Gasteiger partial charge in [-0.15, -0.1) is 0 Å². The van der Waals surface area contributed by atoms with Crippen molar-refractivity contribution in [1.82, 2.24) is 30.2 Å². The first-order valence-corrected chi connectivity index (χ1v) is 20.8. The SMILES string of the molecule is C[C@@H](O)C(=O)SCCNC(=O)CCNC(=O)[C@H](O)C(C)(C)COP(=O)(O)OP(=O)(O)OC[C@@]1(N)O[C@@H](n2cnc3c(N)ncnc32)[C@H](O)[C@@H]1OP(=O)(O)O. The van der Waals surface area contributed by atoms with Crippen molar-refractivity contribution in [2.24, 2.45) is 11.1 Å². The second kappa shape index (κ2) is 18.2. The number of aliphatic hydroxyl groups is 3. The van der Waals surface area contributed by atoms with Crippen LogP contribution in [-0.2, 0) is 50.7 Å². The van der Waals surface area contributed by atoms with Crippen LogP contribution in [-0.4, -0.2) is 134 Å². The summed E-state index contributed by atoms with van der Waals surface area (Å²) in [6, 6.07) is 0. The molecular formula is C24H41N8O18P3S. The van der Waals surface area contributed by atoms with E-state index in [4.69, 9.17) is 25.8 Å². The molecule has 1 saturated heterocycles. The highest BCUT2D eigenvalue weighted by Gasteiger charge is 2.58. The molecule has 306 valence electrons. The van der Waals surface area contributed by atoms with Gasteiger partial charge in [-0.2, -0.15) is 4.31 Å². The number of rotatable bonds is 20. The molecule has 1 aliphatic rings. The number of thioether (sulfide) groups is 1. The summed E-state index contributed by atoms with van der Waals surface area (Å²) < 4.78 is 61.9. The Labute approximate surface area is 309 Å². The van der Waals surface area contributed by atoms with Gasteiger partial charge < -0.3 is 56.0 Å². The molecule has 13 N–H and O–H groups in total. The van der Waals surface area contributed by atoms with Crippen molar-refractivity contribution < 1.29 is 85.6 Å². The monoisotopic (exact) mass is 854 g/mol. The van der Waals surface area contributed by atoms with Gasteiger partial charge in [0, 0.05) is 30.7 Å². The Morgan fingerprint density at radius 2 is 1.72 bits per heavy atom. The Bertz CT molecular complexity index is 1810. The third kappa shape index (κ3) is 12.8. The Hall–Kier alpha value is -2.52. The fraction of sp³-hybridized carbons (Fsp3) is 0.667. The predicted octanol–water partition coefficient (Wildman–Crippen LogP) is -2.67. The highest BCUT2D eigenvalue weighted by atomic mass is 32.2. The molecule has 1 fully saturated rings. The maximum Gasteiger partial charge on any atom is 0.481 e. The number of ether oxygens (including phenoxy) is 1. The zero-order valence-electron chi connectivity index (χ0n) is 28.6. The Morgan fingerprint density at radius 3 is 2.35 bits per heavy atom. The number of carbonyl (C=O) groups is 3. The summed E-state index contributed by atoms with van der Waals surface area (Å²) in [6.07, 6.45) is -7.13. The number of aromatic nitrogens is 4. The lowest BCUT2D eigenvalue weighted by molar-refractivity contribution is -0.137. The molecule has 30 heteroatoms. The van der Waals surface area contributed by atoms with Crippen molar-refractivity contribution in [1.29, 1.82) is 0 Å². The minimum atomic E-state index is -5.70. The smallest absolute Gasteiger partial charge is 0.385 e. The second-order valence-corrected chi connectivity index (χ2v) is 17.6. The molecule has 0 aromatic carbocycles. The van der Waals surface area contributed by atoms with Gasteiger partial charge in [-0.05, 0) is 6.92 Å². The average Bonchev–Trinajstić information content (AvgIpc) is 3.59. The van der Waals surface area contributed by atoms with Crippen LogP contribution in [0, 0.1) is 5.41 Å². The minimum absolute atomic E-state index is 0.0343. The third-order valence-electron chi connectivity index (χ3n) is 7.25. The van der Waals surface area contributed by atoms with E-state index < -0.39 is 95.4 Å². The van der Waals surface area contributed by atoms with Crippen molar-refractivity contribution in [3.63, 3.8) is 0 Å². The number of aliphatic hydroxyl groups excluding tert-OH is 3. The van der Waals surface area contributed by atoms with Gasteiger partial charge in [0.2, 0.25) is 16.9 Å². The Balaban J connectivity index is 1.56. The first kappa shape index (κ1) is 45.9. The maximum absolute atomic E-state index is 12.7. The number of nitrogens with two attached hydrogens (primary N) is 2. The summed E-state index contributed by atoms with van der Waals surface area (Å²) in [4.78, 5) is 86.7. The van der Waals surface area contributed by atoms with Crippen molar-refractivity contribution >= 4 is 69.1 Å². The molecule has 2 amide bonds. The van der Waals surface area contributed by atoms with Gasteiger partial charge in [-0.3, -0.25) is 38.3 Å². The lowest BCUT2D eigenvalue weighted by Gasteiger charge is -2.31. The molecule has 2 aromatic heterocycles. The number of phosphoric acid groups is 3. The molecule has 0 spiro atoms. The molecule has 8 atom stereocenters. The molecule has 26 nitrogen and oxygen atoms in total. The zero-order chi connectivity index (χ0) is 40.9. The van der Waals surface area contributed by atoms with E-state index in [2.05, 4.69) is 38.9 Å². The summed E-state index contributed by atoms with van der Waals surface area (Å²) in [5.41, 5.74) is 7.51. The number of amides is 2. The van der Waals surface area contributed by atoms with Crippen LogP contribution in [0.4, 0.5) is 5.82 Å². The number of nitrogens with zero attached hydrogens (tertiary/aromatic N) is 4. The highest BCUT2D eigenvalue weighted by Crippen LogP contribution is 2.61. The van der Waals surface area contributed by atoms with E-state index in [1.54, 1.807) is 0 Å². The van der Waals surface area contributed by atoms with E-state index in [1.165, 1.54) is 20.8 Å². The predicted molar refractivity (Wildman–Crippen MR) is 182 cm³/mol. The molecule has 1 aliphatic heterocycles. The summed E-state index contributed by atoms with van der Waals surface area (Å²) in [5.74, 6) is -1.40. The first-order chi connectivity index (χ1) is 24.8. The number of fused-ring (bicyclic) bond motifs is 1. The number of hydrogen-bond donors (Lipinski definition) is 11. The van der Waals surface area contributed by atoms with Crippen LogP contribution in [0.15, 0.2) is 12.7 Å². The quantitative estimate of drug-likeness (QED) is 0.0478. The first-order valence-electron chi connectivity index (χ1n) is 15.3. The van der Waals surface area contributed by atoms with Crippen LogP contribution in [0.25, 0.3) is 11.2 Å². The van der Waals surface area contributed by atoms with Crippen LogP contribution in [0.2, 0.25) is 0 Å². The summed E-state index contributed by atoms with van der Waals surface area (Å²) in [5, 5.41) is 34.9. The topological polar surface area (TPSA) is 410 Å². The fourth-order valence-electron chi connectivity index (χ4n) is 4.48. The van der Waals surface area contributed by atoms with E-state index in [1.807, 2.05) is 0 Å². The average molecular weight is 855 g/mol. The zero-order valence-corrected chi connectivity index (χ0v) is 32.1. The summed E-state index contributed by atoms with van der Waals surface area (Å²) >= 11 is 0.823. The lowest BCUT2D eigenvalue weighted by atomic mass is 9.87. The molecule has 0 radical (unpaired) electrons. The fourth-order valence-corrected chi connectivity index (χ4v) is 8.01. The van der Waals surface area contributed by atoms with Gasteiger partial charge in [0.25, 0.3) is 0 Å². The number of nitrogen functional groups attached to an aromatic ring is 1. The Morgan fingerprint density at radius 1 is 1.07 bits per heavy atom. The summed E-state index contributed by atoms with van der Waals surface area (Å²) in [7, 11) is -16.7. The van der Waals surface area contributed by atoms with Crippen LogP contribution in [0.3, 0.4) is 0 Å². The van der Waals surface area contributed by atoms with Crippen molar-refractivity contribution in [3.05, 3.63) is 12.7 Å². The van der Waals surface area contributed by atoms with Crippen molar-refractivity contribution in [3.8, 4) is 0 Å². The van der Waals surface area contributed by atoms with Gasteiger partial charge >= 0.3 is 23.5 Å². The lowest BCUT2D eigenvalue weighted by Crippen LogP contribution is -2.55. The number of carbonyl (C=O) groups excluding carboxylic acids is 3. The van der Waals surface area contributed by atoms with Crippen LogP contribution >= 0.6 is 35.2 Å². The van der Waals surface area contributed by atoms with E-state index in [9.17, 15) is 57.9 Å². The number of anilines is 1. The van der Waals surface area contributed by atoms with Gasteiger partial charge in [0.15, 0.2) is 23.4 Å². The van der Waals surface area contributed by atoms with Crippen molar-refractivity contribution in [2.45, 2.75) is 63.6 Å². The highest BCUT2D eigenvalue weighted by molar-refractivity contribution is 8.13. The van der Waals surface area contributed by atoms with Gasteiger partial charge in [0.05, 0.1) is 12.9 Å². The van der Waals surface area contributed by atoms with Gasteiger partial charge in [-0.25, -0.2) is 28.6 Å². The number of nitrogens with one attached hydrogen (secondary N) is 2. The standard InChI is InChI=1S/C24H41N8O18P3S/c1-12(33)22(38)54-7-6-27-13(34)4-5-28-20(37)16(36)23(2,3)8-46-52(42,43)50-53(44,45)47-9-24(26)17(49-51(39,40)41)15(35)21(48-24)32-11-31-14-18(25)29-10-30-19(14)32/h10-12,15-17,21,33,35-36H,4-9,26H2,1-3H3,(H,27,34)(H,28,37)(H,42,43)(H,44,45)(H2,25,29,30)(H2,39,40,41)/t12-,15-,16+,17+,21-,24-/m1/s1. The number of imidazole rings is 1. The molecule has 54 heavy (non-hydrogen) atoms. The largest absolute Gasteiger partial charge is 0.481 e. The second-order valence-electron chi connectivity index (χ2n) is 12.2. The molecule has 2 unspecified atom stereocenters.